The van der Waals surface area contributed by atoms with Crippen molar-refractivity contribution in [1.29, 1.82) is 0 Å². The third kappa shape index (κ3) is 4.86. The van der Waals surface area contributed by atoms with E-state index in [1.165, 1.54) is 10.8 Å². The van der Waals surface area contributed by atoms with Crippen LogP contribution in [0.3, 0.4) is 0 Å². The standard InChI is InChI=1S/C12H18N4O5/c1-3-4-9(12(18)19)14-11(17)5-6-15-7-10(16(20)21)13-8(15)2/h7,9H,3-6H2,1-2H3,(H,14,17)(H,18,19). The number of aryl methyl sites for hydroxylation is 2. The van der Waals surface area contributed by atoms with E-state index in [2.05, 4.69) is 10.3 Å². The Balaban J connectivity index is 2.56. The van der Waals surface area contributed by atoms with Crippen molar-refractivity contribution in [3.8, 4) is 0 Å². The lowest BCUT2D eigenvalue weighted by Crippen LogP contribution is -2.40. The molecule has 1 unspecified atom stereocenters. The first-order valence-electron chi connectivity index (χ1n) is 6.55. The fourth-order valence-electron chi connectivity index (χ4n) is 1.84. The lowest BCUT2D eigenvalue weighted by atomic mass is 10.1. The maximum atomic E-state index is 11.7. The second-order valence-corrected chi connectivity index (χ2v) is 4.59. The van der Waals surface area contributed by atoms with Gasteiger partial charge in [-0.15, -0.1) is 0 Å². The zero-order chi connectivity index (χ0) is 16.0. The summed E-state index contributed by atoms with van der Waals surface area (Å²) in [6, 6.07) is -0.902. The minimum absolute atomic E-state index is 0.0296. The van der Waals surface area contributed by atoms with Crippen molar-refractivity contribution in [1.82, 2.24) is 14.9 Å². The molecule has 0 aliphatic heterocycles. The molecule has 116 valence electrons. The topological polar surface area (TPSA) is 127 Å². The maximum absolute atomic E-state index is 11.7. The van der Waals surface area contributed by atoms with Crippen molar-refractivity contribution < 1.29 is 19.6 Å². The summed E-state index contributed by atoms with van der Waals surface area (Å²) in [6.45, 7) is 3.63. The van der Waals surface area contributed by atoms with Crippen molar-refractivity contribution in [2.75, 3.05) is 0 Å². The Hall–Kier alpha value is -2.45. The highest BCUT2D eigenvalue weighted by atomic mass is 16.6. The summed E-state index contributed by atoms with van der Waals surface area (Å²) in [5.74, 6) is -1.33. The van der Waals surface area contributed by atoms with Crippen LogP contribution in [-0.2, 0) is 16.1 Å². The monoisotopic (exact) mass is 298 g/mol. The van der Waals surface area contributed by atoms with Gasteiger partial charge in [-0.25, -0.2) is 4.79 Å². The van der Waals surface area contributed by atoms with Gasteiger partial charge in [0.05, 0.1) is 0 Å². The van der Waals surface area contributed by atoms with Gasteiger partial charge in [-0.3, -0.25) is 4.79 Å². The molecule has 9 nitrogen and oxygen atoms in total. The molecule has 2 N–H and O–H groups in total. The summed E-state index contributed by atoms with van der Waals surface area (Å²) in [5, 5.41) is 22.0. The van der Waals surface area contributed by atoms with E-state index < -0.39 is 22.8 Å². The lowest BCUT2D eigenvalue weighted by molar-refractivity contribution is -0.389. The van der Waals surface area contributed by atoms with Crippen LogP contribution in [0.2, 0.25) is 0 Å². The zero-order valence-electron chi connectivity index (χ0n) is 11.9. The summed E-state index contributed by atoms with van der Waals surface area (Å²) >= 11 is 0. The second kappa shape index (κ2) is 7.36. The Morgan fingerprint density at radius 1 is 1.57 bits per heavy atom. The highest BCUT2D eigenvalue weighted by molar-refractivity contribution is 5.83. The van der Waals surface area contributed by atoms with Gasteiger partial charge in [0, 0.05) is 19.9 Å². The van der Waals surface area contributed by atoms with E-state index >= 15 is 0 Å². The molecule has 1 aromatic rings. The zero-order valence-corrected chi connectivity index (χ0v) is 11.9. The molecule has 21 heavy (non-hydrogen) atoms. The summed E-state index contributed by atoms with van der Waals surface area (Å²) in [7, 11) is 0. The normalized spacial score (nSPS) is 11.9. The fraction of sp³-hybridized carbons (Fsp3) is 0.583. The average molecular weight is 298 g/mol. The molecule has 0 spiro atoms. The maximum Gasteiger partial charge on any atom is 0.381 e. The Bertz CT molecular complexity index is 540. The van der Waals surface area contributed by atoms with E-state index in [4.69, 9.17) is 5.11 Å². The summed E-state index contributed by atoms with van der Waals surface area (Å²) in [4.78, 5) is 36.4. The highest BCUT2D eigenvalue weighted by Gasteiger charge is 2.20. The van der Waals surface area contributed by atoms with Gasteiger partial charge in [0.1, 0.15) is 12.2 Å². The van der Waals surface area contributed by atoms with Gasteiger partial charge in [-0.05, 0) is 16.3 Å². The molecule has 9 heteroatoms. The minimum atomic E-state index is -1.07. The van der Waals surface area contributed by atoms with Gasteiger partial charge >= 0.3 is 11.8 Å². The number of hydrogen-bond donors (Lipinski definition) is 2. The summed E-state index contributed by atoms with van der Waals surface area (Å²) < 4.78 is 1.49. The average Bonchev–Trinajstić information content (AvgIpc) is 2.77. The van der Waals surface area contributed by atoms with Crippen LogP contribution < -0.4 is 5.32 Å². The van der Waals surface area contributed by atoms with Crippen molar-refractivity contribution >= 4 is 17.7 Å². The molecule has 0 radical (unpaired) electrons. The van der Waals surface area contributed by atoms with E-state index in [0.717, 1.165) is 0 Å². The first kappa shape index (κ1) is 16.6. The SMILES string of the molecule is CCCC(NC(=O)CCn1cc([N+](=O)[O-])nc1C)C(=O)O. The number of imidazole rings is 1. The molecule has 1 rings (SSSR count). The Labute approximate surface area is 121 Å². The van der Waals surface area contributed by atoms with E-state index in [9.17, 15) is 19.7 Å². The van der Waals surface area contributed by atoms with Crippen molar-refractivity contribution in [2.45, 2.75) is 45.7 Å². The third-order valence-corrected chi connectivity index (χ3v) is 2.94. The van der Waals surface area contributed by atoms with Crippen LogP contribution >= 0.6 is 0 Å². The van der Waals surface area contributed by atoms with E-state index in [-0.39, 0.29) is 18.8 Å². The molecule has 1 heterocycles. The lowest BCUT2D eigenvalue weighted by Gasteiger charge is -2.13. The predicted molar refractivity (Wildman–Crippen MR) is 72.7 cm³/mol. The number of carbonyl (C=O) groups is 2. The van der Waals surface area contributed by atoms with Gasteiger partial charge in [-0.1, -0.05) is 13.3 Å². The predicted octanol–water partition coefficient (Wildman–Crippen LogP) is 0.859. The third-order valence-electron chi connectivity index (χ3n) is 2.94. The Morgan fingerprint density at radius 3 is 2.71 bits per heavy atom. The van der Waals surface area contributed by atoms with Crippen molar-refractivity contribution in [3.05, 3.63) is 22.1 Å². The van der Waals surface area contributed by atoms with Crippen molar-refractivity contribution in [2.24, 2.45) is 0 Å². The van der Waals surface area contributed by atoms with Gasteiger partial charge in [0.15, 0.2) is 0 Å². The molecule has 1 amide bonds. The van der Waals surface area contributed by atoms with Crippen LogP contribution in [-0.4, -0.2) is 37.5 Å². The van der Waals surface area contributed by atoms with Gasteiger partial charge in [0.2, 0.25) is 11.7 Å². The van der Waals surface area contributed by atoms with E-state index in [0.29, 0.717) is 18.7 Å². The number of carboxylic acids is 1. The van der Waals surface area contributed by atoms with E-state index in [1.54, 1.807) is 6.92 Å². The fourth-order valence-corrected chi connectivity index (χ4v) is 1.84. The Morgan fingerprint density at radius 2 is 2.24 bits per heavy atom. The number of hydrogen-bond acceptors (Lipinski definition) is 5. The van der Waals surface area contributed by atoms with Crippen LogP contribution in [0.15, 0.2) is 6.20 Å². The number of carboxylic acid groups (broad SMARTS) is 1. The van der Waals surface area contributed by atoms with Crippen LogP contribution in [0.4, 0.5) is 5.82 Å². The molecule has 0 aliphatic carbocycles. The van der Waals surface area contributed by atoms with Crippen LogP contribution in [0.5, 0.6) is 0 Å². The number of aliphatic carboxylic acids is 1. The van der Waals surface area contributed by atoms with Gasteiger partial charge in [0.25, 0.3) is 0 Å². The molecule has 0 saturated carbocycles. The van der Waals surface area contributed by atoms with Gasteiger partial charge < -0.3 is 25.1 Å². The second-order valence-electron chi connectivity index (χ2n) is 4.59. The highest BCUT2D eigenvalue weighted by Crippen LogP contribution is 2.10. The number of nitrogens with one attached hydrogen (secondary N) is 1. The first-order valence-corrected chi connectivity index (χ1v) is 6.55. The van der Waals surface area contributed by atoms with Crippen LogP contribution in [0, 0.1) is 17.0 Å². The van der Waals surface area contributed by atoms with Gasteiger partial charge in [-0.2, -0.15) is 0 Å². The summed E-state index contributed by atoms with van der Waals surface area (Å²) in [5.41, 5.74) is 0. The molecule has 0 saturated heterocycles. The molecule has 0 aromatic carbocycles. The van der Waals surface area contributed by atoms with Crippen LogP contribution in [0.25, 0.3) is 0 Å². The largest absolute Gasteiger partial charge is 0.480 e. The van der Waals surface area contributed by atoms with Crippen molar-refractivity contribution in [3.63, 3.8) is 0 Å². The molecule has 1 atom stereocenters. The molecular formula is C12H18N4O5. The number of carbonyl (C=O) groups excluding carboxylic acids is 1. The quantitative estimate of drug-likeness (QED) is 0.541. The molecule has 1 aromatic heterocycles. The molecule has 0 aliphatic rings. The van der Waals surface area contributed by atoms with E-state index in [1.807, 2.05) is 6.92 Å². The number of amides is 1. The number of rotatable bonds is 8. The molecule has 0 fully saturated rings. The molecular weight excluding hydrogens is 280 g/mol. The van der Waals surface area contributed by atoms with Crippen LogP contribution in [0.1, 0.15) is 32.0 Å². The smallest absolute Gasteiger partial charge is 0.381 e. The summed E-state index contributed by atoms with van der Waals surface area (Å²) in [6.07, 6.45) is 2.28. The minimum Gasteiger partial charge on any atom is -0.480 e. The Kier molecular flexibility index (Phi) is 5.82. The number of nitro groups is 1. The number of nitrogens with zero attached hydrogens (tertiary/aromatic N) is 3. The molecule has 0 bridgehead atoms. The first-order chi connectivity index (χ1) is 9.85. The number of aromatic nitrogens is 2.